The SMILES string of the molecule is CC(C)(C)OC(=O)NCC(C)(N)c1ccccc1. The molecule has 0 spiro atoms. The number of carbonyl (C=O) groups excluding carboxylic acids is 1. The van der Waals surface area contributed by atoms with Crippen molar-refractivity contribution in [1.29, 1.82) is 0 Å². The normalized spacial score (nSPS) is 14.7. The van der Waals surface area contributed by atoms with Crippen LogP contribution in [0.4, 0.5) is 4.79 Å². The smallest absolute Gasteiger partial charge is 0.407 e. The van der Waals surface area contributed by atoms with Crippen molar-refractivity contribution in [2.24, 2.45) is 5.73 Å². The third-order valence-corrected chi connectivity index (χ3v) is 2.43. The number of carbonyl (C=O) groups is 1. The predicted octanol–water partition coefficient (Wildman–Crippen LogP) is 2.39. The molecule has 0 aliphatic heterocycles. The third kappa shape index (κ3) is 4.75. The Hall–Kier alpha value is -1.55. The number of nitrogens with one attached hydrogen (secondary N) is 1. The first-order valence-electron chi connectivity index (χ1n) is 6.02. The molecule has 3 N–H and O–H groups in total. The van der Waals surface area contributed by atoms with Gasteiger partial charge in [-0.25, -0.2) is 4.79 Å². The number of hydrogen-bond acceptors (Lipinski definition) is 3. The predicted molar refractivity (Wildman–Crippen MR) is 72.2 cm³/mol. The van der Waals surface area contributed by atoms with Gasteiger partial charge in [0, 0.05) is 6.54 Å². The maximum absolute atomic E-state index is 11.5. The van der Waals surface area contributed by atoms with Crippen LogP contribution in [0.5, 0.6) is 0 Å². The van der Waals surface area contributed by atoms with E-state index >= 15 is 0 Å². The highest BCUT2D eigenvalue weighted by atomic mass is 16.6. The highest BCUT2D eigenvalue weighted by Gasteiger charge is 2.23. The second-order valence-corrected chi connectivity index (χ2v) is 5.64. The van der Waals surface area contributed by atoms with Crippen LogP contribution >= 0.6 is 0 Å². The quantitative estimate of drug-likeness (QED) is 0.865. The minimum absolute atomic E-state index is 0.325. The summed E-state index contributed by atoms with van der Waals surface area (Å²) in [4.78, 5) is 11.5. The Labute approximate surface area is 109 Å². The largest absolute Gasteiger partial charge is 0.444 e. The summed E-state index contributed by atoms with van der Waals surface area (Å²) in [5, 5.41) is 2.69. The van der Waals surface area contributed by atoms with Gasteiger partial charge in [-0.1, -0.05) is 30.3 Å². The number of nitrogens with two attached hydrogens (primary N) is 1. The molecule has 1 atom stereocenters. The van der Waals surface area contributed by atoms with E-state index in [4.69, 9.17) is 10.5 Å². The summed E-state index contributed by atoms with van der Waals surface area (Å²) in [5.74, 6) is 0. The van der Waals surface area contributed by atoms with E-state index in [0.717, 1.165) is 5.56 Å². The molecular weight excluding hydrogens is 228 g/mol. The van der Waals surface area contributed by atoms with Gasteiger partial charge in [0.15, 0.2) is 0 Å². The molecule has 18 heavy (non-hydrogen) atoms. The Bertz CT molecular complexity index is 394. The Morgan fingerprint density at radius 2 is 1.78 bits per heavy atom. The third-order valence-electron chi connectivity index (χ3n) is 2.43. The van der Waals surface area contributed by atoms with Gasteiger partial charge in [-0.2, -0.15) is 0 Å². The maximum Gasteiger partial charge on any atom is 0.407 e. The van der Waals surface area contributed by atoms with Crippen molar-refractivity contribution >= 4 is 6.09 Å². The van der Waals surface area contributed by atoms with Gasteiger partial charge in [0.2, 0.25) is 0 Å². The highest BCUT2D eigenvalue weighted by molar-refractivity contribution is 5.67. The molecule has 0 aliphatic carbocycles. The molecule has 0 saturated carbocycles. The van der Waals surface area contributed by atoms with Crippen molar-refractivity contribution in [2.45, 2.75) is 38.8 Å². The van der Waals surface area contributed by atoms with E-state index in [0.29, 0.717) is 6.54 Å². The van der Waals surface area contributed by atoms with Crippen LogP contribution in [0, 0.1) is 0 Å². The van der Waals surface area contributed by atoms with Crippen molar-refractivity contribution in [3.05, 3.63) is 35.9 Å². The first-order valence-corrected chi connectivity index (χ1v) is 6.02. The van der Waals surface area contributed by atoms with Crippen molar-refractivity contribution in [3.63, 3.8) is 0 Å². The van der Waals surface area contributed by atoms with Crippen LogP contribution in [0.25, 0.3) is 0 Å². The van der Waals surface area contributed by atoms with E-state index in [1.54, 1.807) is 0 Å². The fourth-order valence-electron chi connectivity index (χ4n) is 1.49. The monoisotopic (exact) mass is 250 g/mol. The average molecular weight is 250 g/mol. The van der Waals surface area contributed by atoms with Crippen LogP contribution in [0.3, 0.4) is 0 Å². The lowest BCUT2D eigenvalue weighted by Gasteiger charge is -2.27. The second kappa shape index (κ2) is 5.40. The van der Waals surface area contributed by atoms with Crippen molar-refractivity contribution in [1.82, 2.24) is 5.32 Å². The summed E-state index contributed by atoms with van der Waals surface area (Å²) in [6.45, 7) is 7.67. The van der Waals surface area contributed by atoms with Crippen LogP contribution in [-0.4, -0.2) is 18.2 Å². The van der Waals surface area contributed by atoms with Crippen LogP contribution < -0.4 is 11.1 Å². The van der Waals surface area contributed by atoms with E-state index in [-0.39, 0.29) is 0 Å². The summed E-state index contributed by atoms with van der Waals surface area (Å²) >= 11 is 0. The van der Waals surface area contributed by atoms with Gasteiger partial charge >= 0.3 is 6.09 Å². The molecule has 0 fully saturated rings. The Morgan fingerprint density at radius 3 is 2.28 bits per heavy atom. The first-order chi connectivity index (χ1) is 8.21. The minimum Gasteiger partial charge on any atom is -0.444 e. The molecule has 0 aromatic heterocycles. The molecule has 1 amide bonds. The highest BCUT2D eigenvalue weighted by Crippen LogP contribution is 2.16. The molecule has 0 bridgehead atoms. The molecule has 4 heteroatoms. The Kier molecular flexibility index (Phi) is 4.35. The zero-order chi connectivity index (χ0) is 13.8. The van der Waals surface area contributed by atoms with Gasteiger partial charge in [0.05, 0.1) is 5.54 Å². The van der Waals surface area contributed by atoms with Gasteiger partial charge < -0.3 is 15.8 Å². The average Bonchev–Trinajstić information content (AvgIpc) is 2.26. The van der Waals surface area contributed by atoms with Gasteiger partial charge in [-0.3, -0.25) is 0 Å². The lowest BCUT2D eigenvalue weighted by molar-refractivity contribution is 0.0516. The van der Waals surface area contributed by atoms with Crippen LogP contribution in [0.2, 0.25) is 0 Å². The molecule has 1 unspecified atom stereocenters. The number of ether oxygens (including phenoxy) is 1. The Morgan fingerprint density at radius 1 is 1.22 bits per heavy atom. The number of amides is 1. The van der Waals surface area contributed by atoms with Crippen molar-refractivity contribution in [3.8, 4) is 0 Å². The summed E-state index contributed by atoms with van der Waals surface area (Å²) in [6, 6.07) is 9.66. The fourth-order valence-corrected chi connectivity index (χ4v) is 1.49. The van der Waals surface area contributed by atoms with Gasteiger partial charge in [0.25, 0.3) is 0 Å². The molecule has 100 valence electrons. The molecule has 4 nitrogen and oxygen atoms in total. The zero-order valence-electron chi connectivity index (χ0n) is 11.5. The Balaban J connectivity index is 2.55. The molecular formula is C14H22N2O2. The van der Waals surface area contributed by atoms with E-state index < -0.39 is 17.2 Å². The fraction of sp³-hybridized carbons (Fsp3) is 0.500. The lowest BCUT2D eigenvalue weighted by atomic mass is 9.93. The van der Waals surface area contributed by atoms with Gasteiger partial charge in [-0.15, -0.1) is 0 Å². The lowest BCUT2D eigenvalue weighted by Crippen LogP contribution is -2.46. The number of rotatable bonds is 3. The molecule has 0 saturated heterocycles. The molecule has 1 aromatic rings. The summed E-state index contributed by atoms with van der Waals surface area (Å²) in [7, 11) is 0. The van der Waals surface area contributed by atoms with E-state index in [2.05, 4.69) is 5.32 Å². The van der Waals surface area contributed by atoms with Crippen molar-refractivity contribution < 1.29 is 9.53 Å². The van der Waals surface area contributed by atoms with E-state index in [1.165, 1.54) is 0 Å². The summed E-state index contributed by atoms with van der Waals surface area (Å²) < 4.78 is 5.16. The maximum atomic E-state index is 11.5. The minimum atomic E-state index is -0.613. The molecule has 0 heterocycles. The van der Waals surface area contributed by atoms with Crippen LogP contribution in [0.1, 0.15) is 33.3 Å². The molecule has 0 radical (unpaired) electrons. The summed E-state index contributed by atoms with van der Waals surface area (Å²) in [6.07, 6.45) is -0.449. The van der Waals surface area contributed by atoms with E-state index in [1.807, 2.05) is 58.0 Å². The van der Waals surface area contributed by atoms with Crippen molar-refractivity contribution in [2.75, 3.05) is 6.54 Å². The van der Waals surface area contributed by atoms with Gasteiger partial charge in [-0.05, 0) is 33.3 Å². The van der Waals surface area contributed by atoms with Crippen LogP contribution in [0.15, 0.2) is 30.3 Å². The van der Waals surface area contributed by atoms with Crippen LogP contribution in [-0.2, 0) is 10.3 Å². The van der Waals surface area contributed by atoms with Gasteiger partial charge in [0.1, 0.15) is 5.60 Å². The zero-order valence-corrected chi connectivity index (χ0v) is 11.5. The standard InChI is InChI=1S/C14H22N2O2/c1-13(2,3)18-12(17)16-10-14(4,15)11-8-6-5-7-9-11/h5-9H,10,15H2,1-4H3,(H,16,17). The number of benzene rings is 1. The molecule has 0 aliphatic rings. The second-order valence-electron chi connectivity index (χ2n) is 5.64. The number of alkyl carbamates (subject to hydrolysis) is 1. The summed E-state index contributed by atoms with van der Waals surface area (Å²) in [5.41, 5.74) is 6.04. The molecule has 1 aromatic carbocycles. The van der Waals surface area contributed by atoms with E-state index in [9.17, 15) is 4.79 Å². The topological polar surface area (TPSA) is 64.3 Å². The first kappa shape index (κ1) is 14.5. The molecule has 1 rings (SSSR count). The number of hydrogen-bond donors (Lipinski definition) is 2.